The smallest absolute Gasteiger partial charge is 0.267 e. The third kappa shape index (κ3) is 4.74. The summed E-state index contributed by atoms with van der Waals surface area (Å²) >= 11 is 5.93. The van der Waals surface area contributed by atoms with Gasteiger partial charge in [-0.15, -0.1) is 0 Å². The number of benzene rings is 1. The van der Waals surface area contributed by atoms with Gasteiger partial charge in [0.1, 0.15) is 0 Å². The maximum atomic E-state index is 12.3. The molecule has 1 aliphatic rings. The molecular weight excluding hydrogens is 340 g/mol. The molecule has 3 rings (SSSR count). The molecular formula is C18H23ClN4O2. The highest BCUT2D eigenvalue weighted by atomic mass is 35.5. The van der Waals surface area contributed by atoms with Gasteiger partial charge in [-0.1, -0.05) is 23.7 Å². The first kappa shape index (κ1) is 17.8. The fourth-order valence-corrected chi connectivity index (χ4v) is 3.41. The Bertz CT molecular complexity index is 781. The number of likely N-dealkylation sites (tertiary alicyclic amines) is 1. The lowest BCUT2D eigenvalue weighted by molar-refractivity contribution is -0.121. The summed E-state index contributed by atoms with van der Waals surface area (Å²) in [6.07, 6.45) is 2.12. The first-order valence-corrected chi connectivity index (χ1v) is 8.91. The van der Waals surface area contributed by atoms with Crippen LogP contribution < -0.4 is 10.9 Å². The molecule has 0 spiro atoms. The van der Waals surface area contributed by atoms with Crippen molar-refractivity contribution in [3.8, 4) is 0 Å². The summed E-state index contributed by atoms with van der Waals surface area (Å²) in [5.74, 6) is -0.105. The lowest BCUT2D eigenvalue weighted by Crippen LogP contribution is -2.47. The number of aromatic nitrogens is 2. The van der Waals surface area contributed by atoms with Crippen LogP contribution in [0.2, 0.25) is 5.02 Å². The minimum absolute atomic E-state index is 0.105. The fourth-order valence-electron chi connectivity index (χ4n) is 3.29. The van der Waals surface area contributed by atoms with Crippen LogP contribution in [0.4, 0.5) is 0 Å². The molecule has 0 saturated carbocycles. The van der Waals surface area contributed by atoms with Gasteiger partial charge in [-0.2, -0.15) is 0 Å². The first-order valence-electron chi connectivity index (χ1n) is 8.53. The van der Waals surface area contributed by atoms with Crippen molar-refractivity contribution in [2.75, 3.05) is 13.1 Å². The number of carbonyl (C=O) groups is 1. The summed E-state index contributed by atoms with van der Waals surface area (Å²) in [4.78, 5) is 26.3. The molecule has 2 aromatic rings. The predicted octanol–water partition coefficient (Wildman–Crippen LogP) is 1.99. The van der Waals surface area contributed by atoms with Crippen LogP contribution in [0.3, 0.4) is 0 Å². The molecule has 6 nitrogen and oxygen atoms in total. The van der Waals surface area contributed by atoms with Crippen LogP contribution >= 0.6 is 11.6 Å². The molecule has 3 N–H and O–H groups in total. The van der Waals surface area contributed by atoms with E-state index >= 15 is 0 Å². The third-order valence-corrected chi connectivity index (χ3v) is 4.87. The second-order valence-electron chi connectivity index (χ2n) is 6.63. The molecule has 0 radical (unpaired) electrons. The molecule has 1 aromatic heterocycles. The van der Waals surface area contributed by atoms with Crippen LogP contribution in [0.1, 0.15) is 29.7 Å². The summed E-state index contributed by atoms with van der Waals surface area (Å²) in [7, 11) is 0. The number of hydrogen-bond donors (Lipinski definition) is 3. The van der Waals surface area contributed by atoms with Crippen LogP contribution in [0, 0.1) is 6.92 Å². The molecule has 1 amide bonds. The average molecular weight is 363 g/mol. The average Bonchev–Trinajstić information content (AvgIpc) is 2.89. The number of nitrogens with one attached hydrogen (secondary N) is 3. The Labute approximate surface area is 151 Å². The SMILES string of the molecule is Cc1[nH][nH]c(=O)c1CC(=O)N[C@H]1CCCN(Cc2ccc(Cl)cc2)C1. The zero-order valence-electron chi connectivity index (χ0n) is 14.3. The topological polar surface area (TPSA) is 81.0 Å². The summed E-state index contributed by atoms with van der Waals surface area (Å²) in [5.41, 5.74) is 2.21. The summed E-state index contributed by atoms with van der Waals surface area (Å²) in [5, 5.41) is 9.06. The van der Waals surface area contributed by atoms with E-state index in [9.17, 15) is 9.59 Å². The zero-order valence-corrected chi connectivity index (χ0v) is 15.0. The van der Waals surface area contributed by atoms with Gasteiger partial charge in [0.05, 0.1) is 6.42 Å². The van der Waals surface area contributed by atoms with E-state index in [0.29, 0.717) is 11.3 Å². The Balaban J connectivity index is 1.53. The van der Waals surface area contributed by atoms with Crippen LogP contribution in [0.5, 0.6) is 0 Å². The van der Waals surface area contributed by atoms with Crippen LogP contribution in [0.25, 0.3) is 0 Å². The van der Waals surface area contributed by atoms with Crippen molar-refractivity contribution in [2.45, 2.75) is 38.8 Å². The zero-order chi connectivity index (χ0) is 17.8. The van der Waals surface area contributed by atoms with Crippen molar-refractivity contribution in [1.29, 1.82) is 0 Å². The van der Waals surface area contributed by atoms with Crippen LogP contribution in [-0.4, -0.2) is 40.1 Å². The van der Waals surface area contributed by atoms with Gasteiger partial charge in [-0.25, -0.2) is 0 Å². The molecule has 1 saturated heterocycles. The number of H-pyrrole nitrogens is 2. The lowest BCUT2D eigenvalue weighted by Gasteiger charge is -2.33. The molecule has 0 unspecified atom stereocenters. The number of nitrogens with zero attached hydrogens (tertiary/aromatic N) is 1. The van der Waals surface area contributed by atoms with E-state index < -0.39 is 0 Å². The molecule has 1 aliphatic heterocycles. The standard InChI is InChI=1S/C18H23ClN4O2/c1-12-16(18(25)22-21-12)9-17(24)20-15-3-2-8-23(11-15)10-13-4-6-14(19)7-5-13/h4-7,15H,2-3,8-11H2,1H3,(H,20,24)(H2,21,22,25)/t15-/m0/s1. The molecule has 2 heterocycles. The number of aromatic amines is 2. The summed E-state index contributed by atoms with van der Waals surface area (Å²) < 4.78 is 0. The van der Waals surface area contributed by atoms with Crippen molar-refractivity contribution < 1.29 is 4.79 Å². The van der Waals surface area contributed by atoms with Gasteiger partial charge in [-0.05, 0) is 44.0 Å². The molecule has 134 valence electrons. The van der Waals surface area contributed by atoms with E-state index in [-0.39, 0.29) is 23.9 Å². The number of aryl methyl sites for hydroxylation is 1. The third-order valence-electron chi connectivity index (χ3n) is 4.62. The van der Waals surface area contributed by atoms with E-state index in [0.717, 1.165) is 37.5 Å². The Kier molecular flexibility index (Phi) is 5.60. The van der Waals surface area contributed by atoms with Gasteiger partial charge in [0.25, 0.3) is 5.56 Å². The highest BCUT2D eigenvalue weighted by Crippen LogP contribution is 2.16. The largest absolute Gasteiger partial charge is 0.352 e. The van der Waals surface area contributed by atoms with Crippen molar-refractivity contribution in [3.63, 3.8) is 0 Å². The van der Waals surface area contributed by atoms with E-state index in [2.05, 4.69) is 20.4 Å². The van der Waals surface area contributed by atoms with E-state index in [4.69, 9.17) is 11.6 Å². The van der Waals surface area contributed by atoms with Crippen molar-refractivity contribution in [2.24, 2.45) is 0 Å². The second-order valence-corrected chi connectivity index (χ2v) is 7.06. The highest BCUT2D eigenvalue weighted by molar-refractivity contribution is 6.30. The van der Waals surface area contributed by atoms with Gasteiger partial charge >= 0.3 is 0 Å². The Morgan fingerprint density at radius 1 is 1.32 bits per heavy atom. The molecule has 1 fully saturated rings. The normalized spacial score (nSPS) is 18.2. The Hall–Kier alpha value is -2.05. The summed E-state index contributed by atoms with van der Waals surface area (Å²) in [6.45, 7) is 4.47. The molecule has 1 atom stereocenters. The Morgan fingerprint density at radius 3 is 2.76 bits per heavy atom. The number of carbonyl (C=O) groups excluding carboxylic acids is 1. The maximum Gasteiger partial charge on any atom is 0.267 e. The van der Waals surface area contributed by atoms with Crippen LogP contribution in [-0.2, 0) is 17.8 Å². The number of amides is 1. The number of hydrogen-bond acceptors (Lipinski definition) is 3. The Morgan fingerprint density at radius 2 is 2.08 bits per heavy atom. The number of piperidine rings is 1. The van der Waals surface area contributed by atoms with Crippen LogP contribution in [0.15, 0.2) is 29.1 Å². The van der Waals surface area contributed by atoms with Gasteiger partial charge in [-0.3, -0.25) is 19.6 Å². The maximum absolute atomic E-state index is 12.3. The van der Waals surface area contributed by atoms with Gasteiger partial charge < -0.3 is 10.4 Å². The highest BCUT2D eigenvalue weighted by Gasteiger charge is 2.22. The van der Waals surface area contributed by atoms with E-state index in [1.54, 1.807) is 6.92 Å². The molecule has 0 aliphatic carbocycles. The predicted molar refractivity (Wildman–Crippen MR) is 97.7 cm³/mol. The summed E-state index contributed by atoms with van der Waals surface area (Å²) in [6, 6.07) is 7.98. The first-order chi connectivity index (χ1) is 12.0. The molecule has 1 aromatic carbocycles. The van der Waals surface area contributed by atoms with E-state index in [1.165, 1.54) is 5.56 Å². The van der Waals surface area contributed by atoms with Gasteiger partial charge in [0.15, 0.2) is 0 Å². The van der Waals surface area contributed by atoms with Gasteiger partial charge in [0, 0.05) is 35.4 Å². The monoisotopic (exact) mass is 362 g/mol. The van der Waals surface area contributed by atoms with Gasteiger partial charge in [0.2, 0.25) is 5.91 Å². The number of halogens is 1. The van der Waals surface area contributed by atoms with Crippen molar-refractivity contribution >= 4 is 17.5 Å². The molecule has 0 bridgehead atoms. The van der Waals surface area contributed by atoms with Crippen molar-refractivity contribution in [1.82, 2.24) is 20.4 Å². The second kappa shape index (κ2) is 7.89. The van der Waals surface area contributed by atoms with Crippen molar-refractivity contribution in [3.05, 3.63) is 56.5 Å². The minimum Gasteiger partial charge on any atom is -0.352 e. The molecule has 7 heteroatoms. The quantitative estimate of drug-likeness (QED) is 0.760. The van der Waals surface area contributed by atoms with E-state index in [1.807, 2.05) is 24.3 Å². The lowest BCUT2D eigenvalue weighted by atomic mass is 10.0. The number of rotatable bonds is 5. The minimum atomic E-state index is -0.222. The fraction of sp³-hybridized carbons (Fsp3) is 0.444. The molecule has 25 heavy (non-hydrogen) atoms.